The first-order valence-corrected chi connectivity index (χ1v) is 32.7. The van der Waals surface area contributed by atoms with Crippen molar-refractivity contribution < 1.29 is 49.0 Å². The van der Waals surface area contributed by atoms with Crippen molar-refractivity contribution in [2.24, 2.45) is 9.98 Å². The minimum Gasteiger partial charge on any atom is -0.506 e. The van der Waals surface area contributed by atoms with E-state index in [0.29, 0.717) is 107 Å². The standard InChI is InChI=1S/C56H28I8N4O10S2/c57-35-17-31-47(39(61)43(35)69)75-48-32(18-36(58)44(70)40(48)62)55(31)29-13-11-25(15-27(29)51(73)77-55)67-53(79)65-23-7-3-21(4-8-23)1-2-22-5-9-24(10-6-22)66-54(80)68-26-12-14-30-28(16-26)52(74)78-56(30)33-19-37(59)45(71)41(63)49(33)76-50-34(56)20-38(60)46(72)42(50)64/h1-20,69-72H,(H2,65,67,79)(H2,66,68,80)/b2-1+. The summed E-state index contributed by atoms with van der Waals surface area (Å²) in [4.78, 5) is 37.2. The summed E-state index contributed by atoms with van der Waals surface area (Å²) in [5, 5.41) is 50.6. The number of aromatic hydroxyl groups is 4. The highest BCUT2D eigenvalue weighted by molar-refractivity contribution is 14.1. The van der Waals surface area contributed by atoms with Gasteiger partial charge in [-0.1, -0.05) is 48.6 Å². The van der Waals surface area contributed by atoms with Crippen molar-refractivity contribution in [3.8, 4) is 46.0 Å². The molecule has 4 heterocycles. The molecule has 4 aliphatic heterocycles. The van der Waals surface area contributed by atoms with Crippen molar-refractivity contribution in [1.82, 2.24) is 0 Å². The molecule has 6 N–H and O–H groups in total. The molecule has 14 nitrogen and oxygen atoms in total. The molecule has 400 valence electrons. The Morgan fingerprint density at radius 2 is 0.738 bits per heavy atom. The number of fused-ring (bicyclic) bond motifs is 12. The second kappa shape index (κ2) is 22.0. The van der Waals surface area contributed by atoms with Crippen molar-refractivity contribution in [3.63, 3.8) is 0 Å². The molecule has 8 aromatic carbocycles. The molecule has 2 spiro atoms. The van der Waals surface area contributed by atoms with Crippen LogP contribution < -0.4 is 20.1 Å². The van der Waals surface area contributed by atoms with E-state index in [2.05, 4.69) is 45.9 Å². The number of halogens is 8. The number of carbonyl (C=O) groups excluding carboxylic acids is 2. The molecule has 80 heavy (non-hydrogen) atoms. The Balaban J connectivity index is 0.724. The fourth-order valence-corrected chi connectivity index (χ4v) is 17.5. The van der Waals surface area contributed by atoms with E-state index in [-0.39, 0.29) is 33.3 Å². The number of aliphatic imine (C=N–C) groups is 2. The quantitative estimate of drug-likeness (QED) is 0.0196. The van der Waals surface area contributed by atoms with E-state index in [1.165, 1.54) is 0 Å². The van der Waals surface area contributed by atoms with E-state index in [1.54, 1.807) is 60.7 Å². The normalized spacial score (nSPS) is 15.1. The molecule has 0 amide bonds. The zero-order valence-electron chi connectivity index (χ0n) is 39.6. The van der Waals surface area contributed by atoms with Gasteiger partial charge in [-0.05, 0) is 265 Å². The molecule has 0 aromatic heterocycles. The van der Waals surface area contributed by atoms with Crippen molar-refractivity contribution in [3.05, 3.63) is 193 Å². The van der Waals surface area contributed by atoms with E-state index in [9.17, 15) is 30.0 Å². The van der Waals surface area contributed by atoms with Gasteiger partial charge in [-0.15, -0.1) is 25.3 Å². The Morgan fingerprint density at radius 1 is 0.438 bits per heavy atom. The van der Waals surface area contributed by atoms with E-state index in [0.717, 1.165) is 22.5 Å². The molecule has 0 atom stereocenters. The molecule has 0 fully saturated rings. The number of esters is 2. The molecular weight excluding hydrogens is 1970 g/mol. The van der Waals surface area contributed by atoms with Crippen LogP contribution in [0.15, 0.2) is 119 Å². The second-order valence-corrected chi connectivity index (χ2v) is 27.9. The number of phenols is 4. The predicted octanol–water partition coefficient (Wildman–Crippen LogP) is 16.7. The van der Waals surface area contributed by atoms with Gasteiger partial charge in [0, 0.05) is 22.5 Å². The van der Waals surface area contributed by atoms with E-state index >= 15 is 0 Å². The first-order chi connectivity index (χ1) is 38.2. The molecule has 4 aliphatic rings. The lowest BCUT2D eigenvalue weighted by molar-refractivity contribution is 0.0212. The molecule has 12 rings (SSSR count). The molecular formula is C56H28I8N4O10S2. The summed E-state index contributed by atoms with van der Waals surface area (Å²) < 4.78 is 29.6. The van der Waals surface area contributed by atoms with Crippen LogP contribution in [0.5, 0.6) is 46.0 Å². The number of carbonyl (C=O) groups is 2. The summed E-state index contributed by atoms with van der Waals surface area (Å²) in [6.07, 6.45) is 3.98. The van der Waals surface area contributed by atoms with Gasteiger partial charge in [-0.25, -0.2) is 19.6 Å². The van der Waals surface area contributed by atoms with Gasteiger partial charge in [-0.2, -0.15) is 0 Å². The zero-order valence-corrected chi connectivity index (χ0v) is 58.6. The van der Waals surface area contributed by atoms with Gasteiger partial charge in [0.2, 0.25) is 0 Å². The van der Waals surface area contributed by atoms with Crippen molar-refractivity contribution in [2.45, 2.75) is 11.2 Å². The predicted molar refractivity (Wildman–Crippen MR) is 379 cm³/mol. The molecule has 0 aliphatic carbocycles. The zero-order chi connectivity index (χ0) is 56.4. The molecule has 0 unspecified atom stereocenters. The number of phenolic OH excluding ortho intramolecular Hbond substituents is 4. The lowest BCUT2D eigenvalue weighted by Gasteiger charge is -2.38. The van der Waals surface area contributed by atoms with Gasteiger partial charge in [0.25, 0.3) is 0 Å². The number of ether oxygens (including phenoxy) is 4. The molecule has 8 aromatic rings. The van der Waals surface area contributed by atoms with Crippen LogP contribution in [0.25, 0.3) is 12.2 Å². The number of thiol groups is 2. The number of rotatable bonds is 6. The first-order valence-electron chi connectivity index (χ1n) is 23.1. The number of anilines is 2. The summed E-state index contributed by atoms with van der Waals surface area (Å²) in [7, 11) is 0. The van der Waals surface area contributed by atoms with Gasteiger partial charge in [0.15, 0.2) is 44.5 Å². The van der Waals surface area contributed by atoms with Crippen LogP contribution >= 0.6 is 206 Å². The van der Waals surface area contributed by atoms with Crippen LogP contribution in [0.4, 0.5) is 22.7 Å². The van der Waals surface area contributed by atoms with Crippen LogP contribution in [0.2, 0.25) is 0 Å². The smallest absolute Gasteiger partial charge is 0.340 e. The Bertz CT molecular complexity index is 3810. The highest BCUT2D eigenvalue weighted by Gasteiger charge is 2.57. The molecule has 0 saturated carbocycles. The lowest BCUT2D eigenvalue weighted by Crippen LogP contribution is -2.34. The summed E-state index contributed by atoms with van der Waals surface area (Å²) >= 11 is 25.5. The van der Waals surface area contributed by atoms with Gasteiger partial charge < -0.3 is 50.0 Å². The number of hydrogen-bond donors (Lipinski definition) is 8. The highest BCUT2D eigenvalue weighted by atomic mass is 127. The SMILES string of the molecule is O=C1OC2(c3ccc(N=C(S)Nc4ccc(/C=C/c5ccc(NC(S)=Nc6ccc7c(c6)C(=O)OC76c7cc(I)c(O)c(I)c7Oc7c6cc(I)c(O)c7I)cc5)cc4)cc31)c1cc(I)c(O)c(I)c1Oc1c2cc(I)c(O)c1I. The topological polar surface area (TPSA) is 201 Å². The van der Waals surface area contributed by atoms with Gasteiger partial charge in [0.05, 0.1) is 73.3 Å². The summed E-state index contributed by atoms with van der Waals surface area (Å²) in [6.45, 7) is 0. The number of hydrogen-bond acceptors (Lipinski definition) is 12. The van der Waals surface area contributed by atoms with Crippen LogP contribution in [0.3, 0.4) is 0 Å². The maximum atomic E-state index is 13.9. The first kappa shape index (κ1) is 57.2. The highest BCUT2D eigenvalue weighted by Crippen LogP contribution is 2.63. The number of nitrogens with one attached hydrogen (secondary N) is 2. The molecule has 0 radical (unpaired) electrons. The van der Waals surface area contributed by atoms with Gasteiger partial charge in [0.1, 0.15) is 23.0 Å². The Kier molecular flexibility index (Phi) is 15.7. The Labute approximate surface area is 574 Å². The summed E-state index contributed by atoms with van der Waals surface area (Å²) in [5.41, 5.74) is 5.38. The fourth-order valence-electron chi connectivity index (χ4n) is 9.86. The summed E-state index contributed by atoms with van der Waals surface area (Å²) in [6, 6.07) is 33.0. The third kappa shape index (κ3) is 9.60. The molecule has 0 bridgehead atoms. The van der Waals surface area contributed by atoms with E-state index in [1.807, 2.05) is 241 Å². The Morgan fingerprint density at radius 3 is 1.04 bits per heavy atom. The van der Waals surface area contributed by atoms with Crippen molar-refractivity contribution >= 4 is 263 Å². The lowest BCUT2D eigenvalue weighted by atomic mass is 9.77. The maximum Gasteiger partial charge on any atom is 0.340 e. The van der Waals surface area contributed by atoms with E-state index in [4.69, 9.17) is 18.9 Å². The minimum atomic E-state index is -1.43. The largest absolute Gasteiger partial charge is 0.506 e. The third-order valence-corrected chi connectivity index (χ3v) is 21.2. The van der Waals surface area contributed by atoms with Crippen LogP contribution in [-0.2, 0) is 20.7 Å². The maximum absolute atomic E-state index is 13.9. The molecule has 0 saturated heterocycles. The van der Waals surface area contributed by atoms with Gasteiger partial charge in [-0.3, -0.25) is 0 Å². The fraction of sp³-hybridized carbons (Fsp3) is 0.0357. The number of amidine groups is 2. The monoisotopic (exact) mass is 2000 g/mol. The van der Waals surface area contributed by atoms with Crippen LogP contribution in [0, 0.1) is 28.6 Å². The van der Waals surface area contributed by atoms with Gasteiger partial charge >= 0.3 is 11.9 Å². The van der Waals surface area contributed by atoms with Crippen molar-refractivity contribution in [1.29, 1.82) is 0 Å². The van der Waals surface area contributed by atoms with E-state index < -0.39 is 23.1 Å². The molecule has 24 heteroatoms. The summed E-state index contributed by atoms with van der Waals surface area (Å²) in [5.74, 6) is 0.359. The van der Waals surface area contributed by atoms with Crippen LogP contribution in [0.1, 0.15) is 65.2 Å². The van der Waals surface area contributed by atoms with Crippen LogP contribution in [-0.4, -0.2) is 42.7 Å². The minimum absolute atomic E-state index is 0.0391. The Hall–Kier alpha value is -3.28. The van der Waals surface area contributed by atoms with Crippen molar-refractivity contribution in [2.75, 3.05) is 10.6 Å². The second-order valence-electron chi connectivity index (χ2n) is 18.1. The average Bonchev–Trinajstić information content (AvgIpc) is 4.08. The number of benzene rings is 8. The number of nitrogens with zero attached hydrogens (tertiary/aromatic N) is 2. The average molecular weight is 2000 g/mol. The third-order valence-electron chi connectivity index (χ3n) is 13.5.